The Labute approximate surface area is 124 Å². The SMILES string of the molecule is Cc1cc(S(=O)(=O)N2CC3CC(O)C3C2)c(C)cc1Cl. The summed E-state index contributed by atoms with van der Waals surface area (Å²) in [5.74, 6) is 0.423. The van der Waals surface area contributed by atoms with Crippen LogP contribution >= 0.6 is 11.6 Å². The van der Waals surface area contributed by atoms with Gasteiger partial charge in [-0.3, -0.25) is 0 Å². The van der Waals surface area contributed by atoms with Gasteiger partial charge < -0.3 is 5.11 Å². The average molecular weight is 316 g/mol. The Morgan fingerprint density at radius 1 is 1.25 bits per heavy atom. The van der Waals surface area contributed by atoms with E-state index >= 15 is 0 Å². The smallest absolute Gasteiger partial charge is 0.243 e. The van der Waals surface area contributed by atoms with E-state index < -0.39 is 10.0 Å². The van der Waals surface area contributed by atoms with Gasteiger partial charge in [0.05, 0.1) is 11.0 Å². The van der Waals surface area contributed by atoms with Gasteiger partial charge >= 0.3 is 0 Å². The lowest BCUT2D eigenvalue weighted by atomic mass is 9.74. The highest BCUT2D eigenvalue weighted by Crippen LogP contribution is 2.43. The van der Waals surface area contributed by atoms with E-state index in [4.69, 9.17) is 11.6 Å². The fraction of sp³-hybridized carbons (Fsp3) is 0.571. The van der Waals surface area contributed by atoms with Crippen molar-refractivity contribution in [3.8, 4) is 0 Å². The molecule has 2 aliphatic rings. The Hall–Kier alpha value is -0.620. The Morgan fingerprint density at radius 2 is 1.95 bits per heavy atom. The summed E-state index contributed by atoms with van der Waals surface area (Å²) in [6.45, 7) is 4.51. The van der Waals surface area contributed by atoms with Crippen LogP contribution in [-0.4, -0.2) is 37.0 Å². The lowest BCUT2D eigenvalue weighted by molar-refractivity contribution is -0.00416. The fourth-order valence-corrected chi connectivity index (χ4v) is 5.24. The molecule has 1 saturated heterocycles. The van der Waals surface area contributed by atoms with Crippen LogP contribution in [0.5, 0.6) is 0 Å². The summed E-state index contributed by atoms with van der Waals surface area (Å²) in [6.07, 6.45) is 0.378. The molecular formula is C14H18ClNO3S. The van der Waals surface area contributed by atoms with E-state index in [1.165, 1.54) is 4.31 Å². The zero-order valence-electron chi connectivity index (χ0n) is 11.5. The van der Waals surface area contributed by atoms with Crippen molar-refractivity contribution in [2.75, 3.05) is 13.1 Å². The van der Waals surface area contributed by atoms with Crippen LogP contribution < -0.4 is 0 Å². The van der Waals surface area contributed by atoms with Gasteiger partial charge in [0.1, 0.15) is 0 Å². The maximum atomic E-state index is 12.7. The van der Waals surface area contributed by atoms with Crippen LogP contribution in [0.1, 0.15) is 17.5 Å². The quantitative estimate of drug-likeness (QED) is 0.907. The largest absolute Gasteiger partial charge is 0.393 e. The van der Waals surface area contributed by atoms with Gasteiger partial charge in [-0.05, 0) is 49.4 Å². The number of hydrogen-bond acceptors (Lipinski definition) is 3. The molecule has 6 heteroatoms. The number of aryl methyl sites for hydroxylation is 2. The van der Waals surface area contributed by atoms with Crippen LogP contribution in [0.15, 0.2) is 17.0 Å². The fourth-order valence-electron chi connectivity index (χ4n) is 3.20. The maximum absolute atomic E-state index is 12.7. The van der Waals surface area contributed by atoms with Crippen molar-refractivity contribution in [2.45, 2.75) is 31.3 Å². The summed E-state index contributed by atoms with van der Waals surface area (Å²) in [5.41, 5.74) is 1.43. The van der Waals surface area contributed by atoms with Gasteiger partial charge in [0.2, 0.25) is 10.0 Å². The van der Waals surface area contributed by atoms with Crippen molar-refractivity contribution < 1.29 is 13.5 Å². The first-order chi connectivity index (χ1) is 9.30. The molecule has 3 atom stereocenters. The predicted octanol–water partition coefficient (Wildman–Crippen LogP) is 1.96. The Kier molecular flexibility index (Phi) is 3.36. The van der Waals surface area contributed by atoms with Gasteiger partial charge in [0, 0.05) is 24.0 Å². The van der Waals surface area contributed by atoms with Crippen LogP contribution in [0.25, 0.3) is 0 Å². The van der Waals surface area contributed by atoms with Gasteiger partial charge in [-0.1, -0.05) is 11.6 Å². The minimum Gasteiger partial charge on any atom is -0.393 e. The van der Waals surface area contributed by atoms with Crippen LogP contribution in [0.2, 0.25) is 5.02 Å². The molecule has 4 nitrogen and oxygen atoms in total. The summed E-state index contributed by atoms with van der Waals surface area (Å²) in [7, 11) is -3.49. The third-order valence-electron chi connectivity index (χ3n) is 4.57. The van der Waals surface area contributed by atoms with E-state index in [0.717, 1.165) is 12.0 Å². The zero-order chi connectivity index (χ0) is 14.7. The van der Waals surface area contributed by atoms with Gasteiger partial charge in [0.15, 0.2) is 0 Å². The highest BCUT2D eigenvalue weighted by molar-refractivity contribution is 7.89. The van der Waals surface area contributed by atoms with Gasteiger partial charge in [-0.15, -0.1) is 0 Å². The molecule has 3 rings (SSSR count). The van der Waals surface area contributed by atoms with Crippen LogP contribution in [0.4, 0.5) is 0 Å². The molecule has 1 N–H and O–H groups in total. The molecule has 1 aromatic carbocycles. The van der Waals surface area contributed by atoms with E-state index in [1.54, 1.807) is 26.0 Å². The number of halogens is 1. The third kappa shape index (κ3) is 2.08. The standard InChI is InChI=1S/C14H18ClNO3S/c1-8-4-14(9(2)3-12(8)15)20(18,19)16-6-10-5-13(17)11(10)7-16/h3-4,10-11,13,17H,5-7H2,1-2H3. The summed E-state index contributed by atoms with van der Waals surface area (Å²) in [6, 6.07) is 3.34. The molecule has 3 unspecified atom stereocenters. The first kappa shape index (κ1) is 14.3. The Balaban J connectivity index is 1.95. The molecule has 1 aromatic rings. The summed E-state index contributed by atoms with van der Waals surface area (Å²) in [4.78, 5) is 0.329. The van der Waals surface area contributed by atoms with Crippen molar-refractivity contribution in [1.29, 1.82) is 0 Å². The molecule has 1 heterocycles. The minimum atomic E-state index is -3.49. The number of nitrogens with zero attached hydrogens (tertiary/aromatic N) is 1. The number of hydrogen-bond donors (Lipinski definition) is 1. The highest BCUT2D eigenvalue weighted by Gasteiger charge is 2.49. The molecule has 1 aliphatic carbocycles. The van der Waals surface area contributed by atoms with Crippen LogP contribution in [-0.2, 0) is 10.0 Å². The minimum absolute atomic E-state index is 0.110. The molecule has 0 spiro atoms. The Morgan fingerprint density at radius 3 is 2.55 bits per heavy atom. The van der Waals surface area contributed by atoms with E-state index in [-0.39, 0.29) is 12.0 Å². The lowest BCUT2D eigenvalue weighted by Gasteiger charge is -2.34. The normalized spacial score (nSPS) is 30.1. The molecule has 20 heavy (non-hydrogen) atoms. The number of aliphatic hydroxyl groups excluding tert-OH is 1. The van der Waals surface area contributed by atoms with Crippen LogP contribution in [0.3, 0.4) is 0 Å². The van der Waals surface area contributed by atoms with Gasteiger partial charge in [-0.2, -0.15) is 4.31 Å². The van der Waals surface area contributed by atoms with Crippen molar-refractivity contribution in [2.24, 2.45) is 11.8 Å². The number of aliphatic hydroxyl groups is 1. The molecule has 1 saturated carbocycles. The second-order valence-electron chi connectivity index (χ2n) is 5.92. The zero-order valence-corrected chi connectivity index (χ0v) is 13.1. The predicted molar refractivity (Wildman–Crippen MR) is 77.3 cm³/mol. The third-order valence-corrected chi connectivity index (χ3v) is 6.95. The lowest BCUT2D eigenvalue weighted by Crippen LogP contribution is -2.39. The van der Waals surface area contributed by atoms with E-state index in [9.17, 15) is 13.5 Å². The number of sulfonamides is 1. The summed E-state index contributed by atoms with van der Waals surface area (Å²) in [5, 5.41) is 10.3. The first-order valence-corrected chi connectivity index (χ1v) is 8.57. The van der Waals surface area contributed by atoms with Gasteiger partial charge in [-0.25, -0.2) is 8.42 Å². The van der Waals surface area contributed by atoms with E-state index in [2.05, 4.69) is 0 Å². The second kappa shape index (κ2) is 4.70. The van der Waals surface area contributed by atoms with Crippen molar-refractivity contribution in [1.82, 2.24) is 4.31 Å². The maximum Gasteiger partial charge on any atom is 0.243 e. The molecule has 2 fully saturated rings. The molecule has 0 bridgehead atoms. The summed E-state index contributed by atoms with van der Waals surface area (Å²) >= 11 is 6.03. The van der Waals surface area contributed by atoms with Crippen molar-refractivity contribution >= 4 is 21.6 Å². The van der Waals surface area contributed by atoms with Crippen LogP contribution in [0, 0.1) is 25.7 Å². The second-order valence-corrected chi connectivity index (χ2v) is 8.23. The van der Waals surface area contributed by atoms with Crippen molar-refractivity contribution in [3.63, 3.8) is 0 Å². The summed E-state index contributed by atoms with van der Waals surface area (Å²) < 4.78 is 27.0. The van der Waals surface area contributed by atoms with E-state index in [0.29, 0.717) is 34.5 Å². The molecule has 1 aliphatic heterocycles. The Bertz CT molecular complexity index is 659. The number of rotatable bonds is 2. The monoisotopic (exact) mass is 315 g/mol. The molecule has 0 amide bonds. The topological polar surface area (TPSA) is 57.6 Å². The van der Waals surface area contributed by atoms with E-state index in [1.807, 2.05) is 0 Å². The molecule has 0 aromatic heterocycles. The molecule has 110 valence electrons. The highest BCUT2D eigenvalue weighted by atomic mass is 35.5. The van der Waals surface area contributed by atoms with Crippen molar-refractivity contribution in [3.05, 3.63) is 28.3 Å². The number of benzene rings is 1. The average Bonchev–Trinajstić information content (AvgIpc) is 2.71. The van der Waals surface area contributed by atoms with Gasteiger partial charge in [0.25, 0.3) is 0 Å². The molecule has 0 radical (unpaired) electrons. The molecular weight excluding hydrogens is 298 g/mol. The first-order valence-electron chi connectivity index (χ1n) is 6.75. The number of fused-ring (bicyclic) bond motifs is 1.